The van der Waals surface area contributed by atoms with Crippen LogP contribution in [0.3, 0.4) is 0 Å². The molecule has 1 aromatic carbocycles. The molecule has 4 nitrogen and oxygen atoms in total. The Hall–Kier alpha value is -1.62. The Morgan fingerprint density at radius 2 is 2.23 bits per heavy atom. The van der Waals surface area contributed by atoms with E-state index in [1.807, 2.05) is 6.92 Å². The van der Waals surface area contributed by atoms with Crippen molar-refractivity contribution in [3.63, 3.8) is 0 Å². The number of halogens is 1. The number of rotatable bonds is 7. The summed E-state index contributed by atoms with van der Waals surface area (Å²) in [5.74, 6) is 0.883. The molecule has 22 heavy (non-hydrogen) atoms. The quantitative estimate of drug-likeness (QED) is 0.813. The van der Waals surface area contributed by atoms with Crippen LogP contribution in [-0.2, 0) is 4.79 Å². The molecular weight excluding hydrogens is 283 g/mol. The Kier molecular flexibility index (Phi) is 6.65. The van der Waals surface area contributed by atoms with E-state index in [-0.39, 0.29) is 17.8 Å². The van der Waals surface area contributed by atoms with Crippen LogP contribution >= 0.6 is 0 Å². The van der Waals surface area contributed by atoms with Gasteiger partial charge in [-0.2, -0.15) is 0 Å². The summed E-state index contributed by atoms with van der Waals surface area (Å²) in [7, 11) is 0. The maximum atomic E-state index is 13.1. The molecule has 0 aliphatic carbocycles. The number of hydrogen-bond donors (Lipinski definition) is 2. The number of amides is 1. The molecule has 1 aliphatic rings. The molecule has 0 spiro atoms. The summed E-state index contributed by atoms with van der Waals surface area (Å²) in [5.41, 5.74) is 0. The second kappa shape index (κ2) is 8.73. The van der Waals surface area contributed by atoms with Crippen molar-refractivity contribution in [1.29, 1.82) is 0 Å². The van der Waals surface area contributed by atoms with Gasteiger partial charge in [-0.3, -0.25) is 4.79 Å². The maximum Gasteiger partial charge on any atom is 0.220 e. The molecule has 122 valence electrons. The molecule has 0 bridgehead atoms. The normalized spacial score (nSPS) is 17.0. The van der Waals surface area contributed by atoms with Gasteiger partial charge in [-0.15, -0.1) is 0 Å². The predicted molar refractivity (Wildman–Crippen MR) is 84.3 cm³/mol. The fourth-order valence-electron chi connectivity index (χ4n) is 2.67. The number of nitrogens with one attached hydrogen (secondary N) is 2. The van der Waals surface area contributed by atoms with Crippen LogP contribution in [0.4, 0.5) is 4.39 Å². The van der Waals surface area contributed by atoms with Crippen LogP contribution in [-0.4, -0.2) is 31.6 Å². The first-order valence-electron chi connectivity index (χ1n) is 8.03. The average Bonchev–Trinajstić information content (AvgIpc) is 2.52. The lowest BCUT2D eigenvalue weighted by Gasteiger charge is -2.22. The van der Waals surface area contributed by atoms with E-state index < -0.39 is 0 Å². The van der Waals surface area contributed by atoms with Gasteiger partial charge in [0.1, 0.15) is 17.7 Å². The van der Waals surface area contributed by atoms with Gasteiger partial charge < -0.3 is 15.4 Å². The smallest absolute Gasteiger partial charge is 0.220 e. The molecule has 1 amide bonds. The van der Waals surface area contributed by atoms with Gasteiger partial charge in [-0.25, -0.2) is 4.39 Å². The molecule has 0 saturated carbocycles. The molecule has 1 unspecified atom stereocenters. The first kappa shape index (κ1) is 16.7. The number of carbonyl (C=O) groups excluding carboxylic acids is 1. The third-order valence-corrected chi connectivity index (χ3v) is 3.96. The number of ether oxygens (including phenoxy) is 1. The van der Waals surface area contributed by atoms with Gasteiger partial charge in [0, 0.05) is 12.5 Å². The maximum absolute atomic E-state index is 13.1. The molecular formula is C17H25FN2O2. The lowest BCUT2D eigenvalue weighted by Crippen LogP contribution is -2.34. The van der Waals surface area contributed by atoms with Gasteiger partial charge in [0.25, 0.3) is 0 Å². The molecule has 0 aromatic heterocycles. The van der Waals surface area contributed by atoms with Gasteiger partial charge >= 0.3 is 0 Å². The van der Waals surface area contributed by atoms with Crippen molar-refractivity contribution in [3.8, 4) is 5.75 Å². The lowest BCUT2D eigenvalue weighted by molar-refractivity contribution is -0.121. The minimum atomic E-state index is -0.323. The van der Waals surface area contributed by atoms with Crippen LogP contribution in [0.15, 0.2) is 24.3 Å². The van der Waals surface area contributed by atoms with Crippen LogP contribution < -0.4 is 15.4 Å². The predicted octanol–water partition coefficient (Wildman–Crippen LogP) is 2.49. The standard InChI is InChI=1S/C17H25FN2O2/c1-13(22-16-4-2-3-15(18)11-16)12-20-17(21)6-5-14-7-9-19-10-8-14/h2-4,11,13-14,19H,5-10,12H2,1H3,(H,20,21). The van der Waals surface area contributed by atoms with E-state index in [9.17, 15) is 9.18 Å². The minimum absolute atomic E-state index is 0.0632. The van der Waals surface area contributed by atoms with E-state index in [1.54, 1.807) is 12.1 Å². The van der Waals surface area contributed by atoms with Crippen molar-refractivity contribution in [2.45, 2.75) is 38.7 Å². The third-order valence-electron chi connectivity index (χ3n) is 3.96. The van der Waals surface area contributed by atoms with Crippen LogP contribution in [0.1, 0.15) is 32.6 Å². The highest BCUT2D eigenvalue weighted by Gasteiger charge is 2.15. The van der Waals surface area contributed by atoms with E-state index in [0.717, 1.165) is 32.4 Å². The summed E-state index contributed by atoms with van der Waals surface area (Å²) in [5, 5.41) is 6.21. The summed E-state index contributed by atoms with van der Waals surface area (Å²) < 4.78 is 18.6. The monoisotopic (exact) mass is 308 g/mol. The van der Waals surface area contributed by atoms with Gasteiger partial charge in [0.15, 0.2) is 0 Å². The Balaban J connectivity index is 1.62. The summed E-state index contributed by atoms with van der Waals surface area (Å²) in [6.45, 7) is 4.41. The topological polar surface area (TPSA) is 50.4 Å². The zero-order valence-electron chi connectivity index (χ0n) is 13.1. The molecule has 2 rings (SSSR count). The van der Waals surface area contributed by atoms with Crippen molar-refractivity contribution in [1.82, 2.24) is 10.6 Å². The highest BCUT2D eigenvalue weighted by molar-refractivity contribution is 5.75. The second-order valence-corrected chi connectivity index (χ2v) is 5.92. The Morgan fingerprint density at radius 3 is 2.95 bits per heavy atom. The van der Waals surface area contributed by atoms with Gasteiger partial charge in [0.2, 0.25) is 5.91 Å². The molecule has 1 fully saturated rings. The van der Waals surface area contributed by atoms with E-state index in [1.165, 1.54) is 12.1 Å². The lowest BCUT2D eigenvalue weighted by atomic mass is 9.93. The van der Waals surface area contributed by atoms with Gasteiger partial charge in [-0.05, 0) is 57.3 Å². The van der Waals surface area contributed by atoms with Crippen molar-refractivity contribution in [3.05, 3.63) is 30.1 Å². The van der Waals surface area contributed by atoms with E-state index >= 15 is 0 Å². The van der Waals surface area contributed by atoms with Crippen LogP contribution in [0.2, 0.25) is 0 Å². The Bertz CT molecular complexity index is 475. The van der Waals surface area contributed by atoms with E-state index in [0.29, 0.717) is 24.6 Å². The number of piperidine rings is 1. The molecule has 2 N–H and O–H groups in total. The van der Waals surface area contributed by atoms with E-state index in [4.69, 9.17) is 4.74 Å². The van der Waals surface area contributed by atoms with Crippen LogP contribution in [0, 0.1) is 11.7 Å². The highest BCUT2D eigenvalue weighted by Crippen LogP contribution is 2.17. The van der Waals surface area contributed by atoms with Crippen LogP contribution in [0.5, 0.6) is 5.75 Å². The van der Waals surface area contributed by atoms with Crippen molar-refractivity contribution < 1.29 is 13.9 Å². The third kappa shape index (κ3) is 6.02. The van der Waals surface area contributed by atoms with E-state index in [2.05, 4.69) is 10.6 Å². The molecule has 1 atom stereocenters. The fourth-order valence-corrected chi connectivity index (χ4v) is 2.67. The minimum Gasteiger partial charge on any atom is -0.489 e. The highest BCUT2D eigenvalue weighted by atomic mass is 19.1. The second-order valence-electron chi connectivity index (χ2n) is 5.92. The van der Waals surface area contributed by atoms with Gasteiger partial charge in [0.05, 0.1) is 6.54 Å². The first-order chi connectivity index (χ1) is 10.6. The summed E-state index contributed by atoms with van der Waals surface area (Å²) in [4.78, 5) is 11.9. The number of benzene rings is 1. The molecule has 0 radical (unpaired) electrons. The Morgan fingerprint density at radius 1 is 1.45 bits per heavy atom. The molecule has 1 heterocycles. The first-order valence-corrected chi connectivity index (χ1v) is 8.03. The van der Waals surface area contributed by atoms with Crippen molar-refractivity contribution in [2.24, 2.45) is 5.92 Å². The fraction of sp³-hybridized carbons (Fsp3) is 0.588. The van der Waals surface area contributed by atoms with Crippen molar-refractivity contribution in [2.75, 3.05) is 19.6 Å². The Labute approximate surface area is 131 Å². The van der Waals surface area contributed by atoms with Crippen LogP contribution in [0.25, 0.3) is 0 Å². The number of hydrogen-bond acceptors (Lipinski definition) is 3. The average molecular weight is 308 g/mol. The largest absolute Gasteiger partial charge is 0.489 e. The summed E-state index contributed by atoms with van der Waals surface area (Å²) in [6, 6.07) is 6.03. The summed E-state index contributed by atoms with van der Waals surface area (Å²) >= 11 is 0. The molecule has 5 heteroatoms. The van der Waals surface area contributed by atoms with Crippen molar-refractivity contribution >= 4 is 5.91 Å². The summed E-state index contributed by atoms with van der Waals surface area (Å²) in [6.07, 6.45) is 3.65. The molecule has 1 saturated heterocycles. The van der Waals surface area contributed by atoms with Gasteiger partial charge in [-0.1, -0.05) is 6.07 Å². The molecule has 1 aromatic rings. The molecule has 1 aliphatic heterocycles. The SMILES string of the molecule is CC(CNC(=O)CCC1CCNCC1)Oc1cccc(F)c1. The zero-order chi connectivity index (χ0) is 15.8. The number of carbonyl (C=O) groups is 1. The zero-order valence-corrected chi connectivity index (χ0v) is 13.1.